The van der Waals surface area contributed by atoms with E-state index >= 15 is 0 Å². The molecule has 6 N–H and O–H groups in total. The summed E-state index contributed by atoms with van der Waals surface area (Å²) in [6.07, 6.45) is 7.14. The molecule has 8 heteroatoms. The van der Waals surface area contributed by atoms with Crippen molar-refractivity contribution in [2.24, 2.45) is 0 Å². The molecule has 18 heavy (non-hydrogen) atoms. The first-order valence-electron chi connectivity index (χ1n) is 5.67. The largest absolute Gasteiger partial charge is 0.351 e. The second kappa shape index (κ2) is 6.97. The molecular weight excluding hydrogens is 232 g/mol. The number of hydrogen-bond acceptors (Lipinski definition) is 4. The van der Waals surface area contributed by atoms with Crippen LogP contribution in [0.3, 0.4) is 0 Å². The summed E-state index contributed by atoms with van der Waals surface area (Å²) < 4.78 is 0. The van der Waals surface area contributed by atoms with Crippen LogP contribution in [0.25, 0.3) is 0 Å². The Morgan fingerprint density at radius 3 is 1.61 bits per heavy atom. The van der Waals surface area contributed by atoms with Gasteiger partial charge in [0, 0.05) is 12.1 Å². The maximum absolute atomic E-state index is 8.41. The third kappa shape index (κ3) is 4.18. The fourth-order valence-electron chi connectivity index (χ4n) is 2.03. The SMILES string of the molecule is N#CNC(=N)N[C@@H]1CCCC[C@H]1NC(=N)NC#N. The van der Waals surface area contributed by atoms with Gasteiger partial charge in [-0.2, -0.15) is 10.5 Å². The van der Waals surface area contributed by atoms with Crippen LogP contribution < -0.4 is 21.3 Å². The average Bonchev–Trinajstić information content (AvgIpc) is 2.32. The Labute approximate surface area is 105 Å². The normalized spacial score (nSPS) is 21.9. The van der Waals surface area contributed by atoms with E-state index in [4.69, 9.17) is 21.3 Å². The molecule has 0 unspecified atom stereocenters. The quantitative estimate of drug-likeness (QED) is 0.168. The molecule has 8 nitrogen and oxygen atoms in total. The van der Waals surface area contributed by atoms with Gasteiger partial charge in [-0.1, -0.05) is 12.8 Å². The molecule has 1 aliphatic rings. The molecule has 0 bridgehead atoms. The van der Waals surface area contributed by atoms with Crippen molar-refractivity contribution in [3.8, 4) is 12.4 Å². The van der Waals surface area contributed by atoms with Crippen molar-refractivity contribution in [3.05, 3.63) is 0 Å². The molecule has 0 aromatic rings. The molecule has 96 valence electrons. The van der Waals surface area contributed by atoms with E-state index < -0.39 is 0 Å². The first kappa shape index (κ1) is 13.6. The standard InChI is InChI=1S/C10H16N8/c11-5-15-9(13)17-7-3-1-2-4-8(7)18-10(14)16-6-12/h7-8H,1-4H2,(H3,13,15,17)(H3,14,16,18)/t7-,8-/m1/s1. The molecule has 0 aliphatic heterocycles. The van der Waals surface area contributed by atoms with Crippen LogP contribution in [0.5, 0.6) is 0 Å². The summed E-state index contributed by atoms with van der Waals surface area (Å²) in [6, 6.07) is -0.0686. The number of hydrogen-bond donors (Lipinski definition) is 6. The number of nitriles is 2. The smallest absolute Gasteiger partial charge is 0.202 e. The van der Waals surface area contributed by atoms with Crippen LogP contribution in [-0.2, 0) is 0 Å². The minimum Gasteiger partial charge on any atom is -0.351 e. The topological polar surface area (TPSA) is 143 Å². The predicted octanol–water partition coefficient (Wildman–Crippen LogP) is -0.512. The highest BCUT2D eigenvalue weighted by molar-refractivity contribution is 5.79. The van der Waals surface area contributed by atoms with Gasteiger partial charge in [-0.25, -0.2) is 0 Å². The molecule has 0 spiro atoms. The lowest BCUT2D eigenvalue weighted by Gasteiger charge is -2.33. The Bertz CT molecular complexity index is 352. The maximum Gasteiger partial charge on any atom is 0.202 e. The molecule has 1 aliphatic carbocycles. The highest BCUT2D eigenvalue weighted by Gasteiger charge is 2.26. The van der Waals surface area contributed by atoms with Crippen molar-refractivity contribution in [2.75, 3.05) is 0 Å². The van der Waals surface area contributed by atoms with Gasteiger partial charge in [-0.15, -0.1) is 0 Å². The third-order valence-corrected chi connectivity index (χ3v) is 2.79. The van der Waals surface area contributed by atoms with Gasteiger partial charge in [0.05, 0.1) is 0 Å². The first-order valence-corrected chi connectivity index (χ1v) is 5.67. The van der Waals surface area contributed by atoms with E-state index in [0.29, 0.717) is 0 Å². The van der Waals surface area contributed by atoms with E-state index in [1.165, 1.54) is 0 Å². The Hall–Kier alpha value is -2.48. The summed E-state index contributed by atoms with van der Waals surface area (Å²) in [6.45, 7) is 0. The molecule has 0 saturated heterocycles. The van der Waals surface area contributed by atoms with Crippen LogP contribution in [0.2, 0.25) is 0 Å². The van der Waals surface area contributed by atoms with Gasteiger partial charge in [-0.05, 0) is 12.8 Å². The van der Waals surface area contributed by atoms with E-state index in [1.54, 1.807) is 12.4 Å². The molecule has 1 saturated carbocycles. The van der Waals surface area contributed by atoms with Crippen molar-refractivity contribution in [2.45, 2.75) is 37.8 Å². The number of rotatable bonds is 2. The molecule has 0 radical (unpaired) electrons. The molecule has 0 aromatic heterocycles. The third-order valence-electron chi connectivity index (χ3n) is 2.79. The van der Waals surface area contributed by atoms with Gasteiger partial charge in [-0.3, -0.25) is 21.5 Å². The Morgan fingerprint density at radius 2 is 1.28 bits per heavy atom. The molecule has 0 aromatic carbocycles. The summed E-state index contributed by atoms with van der Waals surface area (Å²) in [7, 11) is 0. The summed E-state index contributed by atoms with van der Waals surface area (Å²) in [5.74, 6) is -0.0908. The second-order valence-electron chi connectivity index (χ2n) is 4.01. The van der Waals surface area contributed by atoms with E-state index in [1.807, 2.05) is 0 Å². The molecular formula is C10H16N8. The maximum atomic E-state index is 8.41. The van der Waals surface area contributed by atoms with Crippen LogP contribution in [0.1, 0.15) is 25.7 Å². The highest BCUT2D eigenvalue weighted by atomic mass is 15.2. The Kier molecular flexibility index (Phi) is 5.26. The van der Waals surface area contributed by atoms with E-state index in [0.717, 1.165) is 25.7 Å². The minimum atomic E-state index is -0.0454. The zero-order valence-electron chi connectivity index (χ0n) is 9.88. The lowest BCUT2D eigenvalue weighted by Crippen LogP contribution is -2.56. The Morgan fingerprint density at radius 1 is 0.889 bits per heavy atom. The van der Waals surface area contributed by atoms with Gasteiger partial charge in [0.15, 0.2) is 12.4 Å². The zero-order chi connectivity index (χ0) is 13.4. The van der Waals surface area contributed by atoms with Crippen LogP contribution in [0.4, 0.5) is 0 Å². The van der Waals surface area contributed by atoms with Gasteiger partial charge < -0.3 is 10.6 Å². The molecule has 2 atom stereocenters. The average molecular weight is 248 g/mol. The Balaban J connectivity index is 2.52. The van der Waals surface area contributed by atoms with Crippen molar-refractivity contribution < 1.29 is 0 Å². The molecule has 0 amide bonds. The molecule has 0 heterocycles. The van der Waals surface area contributed by atoms with Gasteiger partial charge in [0.25, 0.3) is 0 Å². The van der Waals surface area contributed by atoms with Crippen molar-refractivity contribution in [1.29, 1.82) is 21.3 Å². The van der Waals surface area contributed by atoms with Crippen molar-refractivity contribution in [3.63, 3.8) is 0 Å². The van der Waals surface area contributed by atoms with Crippen molar-refractivity contribution in [1.82, 2.24) is 21.3 Å². The van der Waals surface area contributed by atoms with Gasteiger partial charge in [0.2, 0.25) is 11.9 Å². The number of nitrogens with zero attached hydrogens (tertiary/aromatic N) is 2. The van der Waals surface area contributed by atoms with E-state index in [-0.39, 0.29) is 24.0 Å². The first-order chi connectivity index (χ1) is 8.67. The summed E-state index contributed by atoms with van der Waals surface area (Å²) in [5, 5.41) is 42.0. The second-order valence-corrected chi connectivity index (χ2v) is 4.01. The highest BCUT2D eigenvalue weighted by Crippen LogP contribution is 2.18. The monoisotopic (exact) mass is 248 g/mol. The van der Waals surface area contributed by atoms with E-state index in [9.17, 15) is 0 Å². The van der Waals surface area contributed by atoms with Crippen LogP contribution in [0.15, 0.2) is 0 Å². The number of nitrogens with one attached hydrogen (secondary N) is 6. The van der Waals surface area contributed by atoms with E-state index in [2.05, 4.69) is 21.3 Å². The minimum absolute atomic E-state index is 0.0343. The molecule has 1 fully saturated rings. The lowest BCUT2D eigenvalue weighted by molar-refractivity contribution is 0.334. The molecule has 1 rings (SSSR count). The predicted molar refractivity (Wildman–Crippen MR) is 65.3 cm³/mol. The summed E-state index contributed by atoms with van der Waals surface area (Å²) >= 11 is 0. The van der Waals surface area contributed by atoms with Crippen LogP contribution >= 0.6 is 0 Å². The van der Waals surface area contributed by atoms with Gasteiger partial charge in [0.1, 0.15) is 0 Å². The van der Waals surface area contributed by atoms with Crippen LogP contribution in [-0.4, -0.2) is 24.0 Å². The van der Waals surface area contributed by atoms with Crippen molar-refractivity contribution >= 4 is 11.9 Å². The van der Waals surface area contributed by atoms with Crippen LogP contribution in [0, 0.1) is 33.7 Å². The number of guanidine groups is 2. The zero-order valence-corrected chi connectivity index (χ0v) is 9.88. The fraction of sp³-hybridized carbons (Fsp3) is 0.600. The van der Waals surface area contributed by atoms with Gasteiger partial charge >= 0.3 is 0 Å². The summed E-state index contributed by atoms with van der Waals surface area (Å²) in [4.78, 5) is 0. The summed E-state index contributed by atoms with van der Waals surface area (Å²) in [5.41, 5.74) is 0. The fourth-order valence-corrected chi connectivity index (χ4v) is 2.03. The lowest BCUT2D eigenvalue weighted by atomic mass is 9.90.